The highest BCUT2D eigenvalue weighted by molar-refractivity contribution is 7.14. The molecular formula is C15H21NO4S. The van der Waals surface area contributed by atoms with E-state index in [9.17, 15) is 9.59 Å². The summed E-state index contributed by atoms with van der Waals surface area (Å²) >= 11 is 1.49. The molecule has 116 valence electrons. The van der Waals surface area contributed by atoms with E-state index < -0.39 is 18.6 Å². The van der Waals surface area contributed by atoms with Crippen molar-refractivity contribution in [2.75, 3.05) is 13.7 Å². The van der Waals surface area contributed by atoms with E-state index in [1.807, 2.05) is 6.07 Å². The maximum Gasteiger partial charge on any atom is 0.330 e. The molecule has 0 aliphatic heterocycles. The number of ether oxygens (including phenoxy) is 1. The number of hydrogen-bond acceptors (Lipinski definition) is 5. The van der Waals surface area contributed by atoms with E-state index in [4.69, 9.17) is 5.11 Å². The SMILES string of the molecule is COC(=O)[C@H](CO)NC(=O)c1cc2c(s1)CCCCCC2. The maximum atomic E-state index is 12.2. The van der Waals surface area contributed by atoms with Gasteiger partial charge in [-0.1, -0.05) is 12.8 Å². The predicted molar refractivity (Wildman–Crippen MR) is 80.6 cm³/mol. The first-order chi connectivity index (χ1) is 10.2. The van der Waals surface area contributed by atoms with Crippen LogP contribution in [0, 0.1) is 0 Å². The van der Waals surface area contributed by atoms with Crippen LogP contribution in [0.4, 0.5) is 0 Å². The minimum absolute atomic E-state index is 0.323. The van der Waals surface area contributed by atoms with Crippen molar-refractivity contribution in [3.05, 3.63) is 21.4 Å². The normalized spacial score (nSPS) is 16.3. The van der Waals surface area contributed by atoms with Crippen molar-refractivity contribution in [3.63, 3.8) is 0 Å². The highest BCUT2D eigenvalue weighted by atomic mass is 32.1. The summed E-state index contributed by atoms with van der Waals surface area (Å²) in [6.07, 6.45) is 6.84. The molecular weight excluding hydrogens is 290 g/mol. The predicted octanol–water partition coefficient (Wildman–Crippen LogP) is 1.67. The second-order valence-electron chi connectivity index (χ2n) is 5.21. The Balaban J connectivity index is 2.08. The molecule has 1 aliphatic carbocycles. The van der Waals surface area contributed by atoms with Crippen LogP contribution in [0.3, 0.4) is 0 Å². The first-order valence-corrected chi connectivity index (χ1v) is 8.08. The van der Waals surface area contributed by atoms with Gasteiger partial charge in [-0.3, -0.25) is 4.79 Å². The summed E-state index contributed by atoms with van der Waals surface area (Å²) in [5.41, 5.74) is 1.25. The number of nitrogens with one attached hydrogen (secondary N) is 1. The molecule has 5 nitrogen and oxygen atoms in total. The fraction of sp³-hybridized carbons (Fsp3) is 0.600. The second-order valence-corrected chi connectivity index (χ2v) is 6.34. The average molecular weight is 311 g/mol. The highest BCUT2D eigenvalue weighted by Crippen LogP contribution is 2.28. The lowest BCUT2D eigenvalue weighted by Crippen LogP contribution is -2.43. The Morgan fingerprint density at radius 2 is 2.05 bits per heavy atom. The lowest BCUT2D eigenvalue weighted by atomic mass is 10.00. The molecule has 1 aromatic heterocycles. The van der Waals surface area contributed by atoms with E-state index in [2.05, 4.69) is 10.1 Å². The first kappa shape index (κ1) is 16.0. The Hall–Kier alpha value is -1.40. The number of fused-ring (bicyclic) bond motifs is 1. The van der Waals surface area contributed by atoms with E-state index in [-0.39, 0.29) is 5.91 Å². The molecule has 2 N–H and O–H groups in total. The zero-order valence-electron chi connectivity index (χ0n) is 12.2. The molecule has 0 unspecified atom stereocenters. The Bertz CT molecular complexity index is 486. The monoisotopic (exact) mass is 311 g/mol. The van der Waals surface area contributed by atoms with Gasteiger partial charge in [-0.15, -0.1) is 11.3 Å². The molecule has 6 heteroatoms. The molecule has 1 atom stereocenters. The van der Waals surface area contributed by atoms with Gasteiger partial charge in [0.2, 0.25) is 0 Å². The molecule has 0 saturated heterocycles. The van der Waals surface area contributed by atoms with Gasteiger partial charge in [0.25, 0.3) is 5.91 Å². The number of esters is 1. The Labute approximate surface area is 128 Å². The lowest BCUT2D eigenvalue weighted by molar-refractivity contribution is -0.143. The Morgan fingerprint density at radius 1 is 1.33 bits per heavy atom. The third kappa shape index (κ3) is 4.04. The lowest BCUT2D eigenvalue weighted by Gasteiger charge is -2.12. The maximum absolute atomic E-state index is 12.2. The largest absolute Gasteiger partial charge is 0.467 e. The number of aliphatic hydroxyl groups is 1. The first-order valence-electron chi connectivity index (χ1n) is 7.27. The summed E-state index contributed by atoms with van der Waals surface area (Å²) in [5.74, 6) is -0.961. The second kappa shape index (κ2) is 7.56. The van der Waals surface area contributed by atoms with Crippen molar-refractivity contribution in [3.8, 4) is 0 Å². The Kier molecular flexibility index (Phi) is 5.76. The molecule has 1 amide bonds. The van der Waals surface area contributed by atoms with Crippen LogP contribution >= 0.6 is 11.3 Å². The summed E-state index contributed by atoms with van der Waals surface area (Å²) in [6.45, 7) is -0.469. The van der Waals surface area contributed by atoms with E-state index >= 15 is 0 Å². The summed E-state index contributed by atoms with van der Waals surface area (Å²) in [6, 6.07) is 0.916. The number of rotatable bonds is 4. The molecule has 1 heterocycles. The van der Waals surface area contributed by atoms with Crippen molar-refractivity contribution in [2.45, 2.75) is 44.6 Å². The van der Waals surface area contributed by atoms with Crippen LogP contribution in [0.1, 0.15) is 45.8 Å². The molecule has 0 aromatic carbocycles. The van der Waals surface area contributed by atoms with Gasteiger partial charge in [0.15, 0.2) is 6.04 Å². The standard InChI is InChI=1S/C15H21NO4S/c1-20-15(19)11(9-17)16-14(18)13-8-10-6-4-2-3-5-7-12(10)21-13/h8,11,17H,2-7,9H2,1H3,(H,16,18)/t11-/m0/s1. The van der Waals surface area contributed by atoms with Crippen LogP contribution < -0.4 is 5.32 Å². The van der Waals surface area contributed by atoms with Gasteiger partial charge in [0.1, 0.15) is 0 Å². The summed E-state index contributed by atoms with van der Waals surface area (Å²) in [4.78, 5) is 25.5. The summed E-state index contributed by atoms with van der Waals surface area (Å²) < 4.78 is 4.54. The number of aliphatic hydroxyl groups excluding tert-OH is 1. The number of hydrogen-bond donors (Lipinski definition) is 2. The average Bonchev–Trinajstić information content (AvgIpc) is 2.86. The number of carbonyl (C=O) groups is 2. The fourth-order valence-electron chi connectivity index (χ4n) is 2.51. The van der Waals surface area contributed by atoms with Crippen LogP contribution in [0.2, 0.25) is 0 Å². The number of carbonyl (C=O) groups excluding carboxylic acids is 2. The van der Waals surface area contributed by atoms with Gasteiger partial charge in [0.05, 0.1) is 18.6 Å². The third-order valence-electron chi connectivity index (χ3n) is 3.69. The molecule has 2 rings (SSSR count). The van der Waals surface area contributed by atoms with Crippen LogP contribution in [0.15, 0.2) is 6.07 Å². The van der Waals surface area contributed by atoms with Gasteiger partial charge in [0, 0.05) is 4.88 Å². The summed E-state index contributed by atoms with van der Waals surface area (Å²) in [7, 11) is 1.23. The van der Waals surface area contributed by atoms with Crippen LogP contribution in [0.25, 0.3) is 0 Å². The van der Waals surface area contributed by atoms with E-state index in [1.165, 1.54) is 41.7 Å². The summed E-state index contributed by atoms with van der Waals surface area (Å²) in [5, 5.41) is 11.7. The molecule has 0 radical (unpaired) electrons. The van der Waals surface area contributed by atoms with Crippen LogP contribution in [0.5, 0.6) is 0 Å². The van der Waals surface area contributed by atoms with E-state index in [0.717, 1.165) is 25.7 Å². The van der Waals surface area contributed by atoms with Crippen molar-refractivity contribution < 1.29 is 19.4 Å². The van der Waals surface area contributed by atoms with Crippen molar-refractivity contribution in [1.82, 2.24) is 5.32 Å². The molecule has 21 heavy (non-hydrogen) atoms. The Morgan fingerprint density at radius 3 is 2.71 bits per heavy atom. The number of aryl methyl sites for hydroxylation is 2. The van der Waals surface area contributed by atoms with Gasteiger partial charge in [-0.05, 0) is 37.3 Å². The van der Waals surface area contributed by atoms with Crippen molar-refractivity contribution in [1.29, 1.82) is 0 Å². The molecule has 1 aromatic rings. The van der Waals surface area contributed by atoms with Crippen LogP contribution in [-0.2, 0) is 22.4 Å². The minimum atomic E-state index is -1.01. The highest BCUT2D eigenvalue weighted by Gasteiger charge is 2.23. The van der Waals surface area contributed by atoms with Gasteiger partial charge in [-0.25, -0.2) is 4.79 Å². The van der Waals surface area contributed by atoms with E-state index in [1.54, 1.807) is 0 Å². The number of methoxy groups -OCH3 is 1. The third-order valence-corrected chi connectivity index (χ3v) is 4.93. The quantitative estimate of drug-likeness (QED) is 0.830. The van der Waals surface area contributed by atoms with Crippen molar-refractivity contribution in [2.24, 2.45) is 0 Å². The molecule has 0 bridgehead atoms. The zero-order valence-corrected chi connectivity index (χ0v) is 13.0. The van der Waals surface area contributed by atoms with Gasteiger partial charge in [-0.2, -0.15) is 0 Å². The van der Waals surface area contributed by atoms with E-state index in [0.29, 0.717) is 4.88 Å². The molecule has 0 fully saturated rings. The zero-order chi connectivity index (χ0) is 15.2. The smallest absolute Gasteiger partial charge is 0.330 e. The number of amides is 1. The van der Waals surface area contributed by atoms with Crippen molar-refractivity contribution >= 4 is 23.2 Å². The fourth-order valence-corrected chi connectivity index (χ4v) is 3.66. The molecule has 1 aliphatic rings. The molecule has 0 saturated carbocycles. The molecule has 0 spiro atoms. The van der Waals surface area contributed by atoms with Gasteiger partial charge < -0.3 is 15.2 Å². The minimum Gasteiger partial charge on any atom is -0.467 e. The topological polar surface area (TPSA) is 75.6 Å². The van der Waals surface area contributed by atoms with Crippen LogP contribution in [-0.4, -0.2) is 36.7 Å². The number of thiophene rings is 1. The van der Waals surface area contributed by atoms with Gasteiger partial charge >= 0.3 is 5.97 Å².